The zero-order valence-electron chi connectivity index (χ0n) is 10.9. The first-order valence-electron chi connectivity index (χ1n) is 6.44. The van der Waals surface area contributed by atoms with Crippen molar-refractivity contribution in [2.75, 3.05) is 0 Å². The molecule has 0 spiro atoms. The molecule has 0 saturated heterocycles. The maximum Gasteiger partial charge on any atom is 0.311 e. The quantitative estimate of drug-likeness (QED) is 0.859. The normalized spacial score (nSPS) is 26.1. The Balaban J connectivity index is 1.97. The first kappa shape index (κ1) is 13.5. The number of carbonyl (C=O) groups excluding carboxylic acids is 1. The molecule has 2 atom stereocenters. The maximum absolute atomic E-state index is 12.0. The van der Waals surface area contributed by atoms with Gasteiger partial charge in [-0.1, -0.05) is 6.42 Å². The topological polar surface area (TPSA) is 79.3 Å². The van der Waals surface area contributed by atoms with Crippen LogP contribution in [-0.4, -0.2) is 28.0 Å². The summed E-state index contributed by atoms with van der Waals surface area (Å²) in [5.74, 6) is -0.968. The minimum absolute atomic E-state index is 0.134. The van der Waals surface area contributed by atoms with E-state index in [4.69, 9.17) is 0 Å². The molecule has 1 aliphatic rings. The van der Waals surface area contributed by atoms with Gasteiger partial charge >= 0.3 is 5.97 Å². The van der Waals surface area contributed by atoms with Crippen molar-refractivity contribution in [1.29, 1.82) is 0 Å². The van der Waals surface area contributed by atoms with Gasteiger partial charge in [-0.15, -0.1) is 0 Å². The summed E-state index contributed by atoms with van der Waals surface area (Å²) < 4.78 is 0. The molecule has 1 amide bonds. The smallest absolute Gasteiger partial charge is 0.311 e. The fourth-order valence-electron chi connectivity index (χ4n) is 2.59. The SMILES string of the molecule is CC1(C(=O)O)CCCC1NC(=O)Cc1ccncc1. The first-order valence-corrected chi connectivity index (χ1v) is 6.44. The van der Waals surface area contributed by atoms with Gasteiger partial charge in [0, 0.05) is 18.4 Å². The number of rotatable bonds is 4. The molecule has 1 fully saturated rings. The van der Waals surface area contributed by atoms with Crippen molar-refractivity contribution in [3.05, 3.63) is 30.1 Å². The highest BCUT2D eigenvalue weighted by Gasteiger charge is 2.45. The van der Waals surface area contributed by atoms with Crippen LogP contribution in [0.1, 0.15) is 31.7 Å². The Morgan fingerprint density at radius 2 is 2.16 bits per heavy atom. The monoisotopic (exact) mass is 262 g/mol. The highest BCUT2D eigenvalue weighted by atomic mass is 16.4. The molecule has 2 unspecified atom stereocenters. The van der Waals surface area contributed by atoms with Gasteiger partial charge in [-0.05, 0) is 37.5 Å². The van der Waals surface area contributed by atoms with Gasteiger partial charge in [0.05, 0.1) is 11.8 Å². The van der Waals surface area contributed by atoms with Gasteiger partial charge in [0.1, 0.15) is 0 Å². The highest BCUT2D eigenvalue weighted by molar-refractivity contribution is 5.81. The number of amides is 1. The predicted molar refractivity (Wildman–Crippen MR) is 69.5 cm³/mol. The van der Waals surface area contributed by atoms with Gasteiger partial charge in [-0.2, -0.15) is 0 Å². The zero-order chi connectivity index (χ0) is 13.9. The maximum atomic E-state index is 12.0. The molecule has 1 heterocycles. The van der Waals surface area contributed by atoms with Gasteiger partial charge < -0.3 is 10.4 Å². The summed E-state index contributed by atoms with van der Waals surface area (Å²) in [5, 5.41) is 12.1. The van der Waals surface area contributed by atoms with E-state index in [1.54, 1.807) is 31.5 Å². The number of carboxylic acid groups (broad SMARTS) is 1. The average molecular weight is 262 g/mol. The third kappa shape index (κ3) is 2.92. The number of hydrogen-bond acceptors (Lipinski definition) is 3. The van der Waals surface area contributed by atoms with Crippen molar-refractivity contribution in [1.82, 2.24) is 10.3 Å². The van der Waals surface area contributed by atoms with E-state index in [1.807, 2.05) is 0 Å². The van der Waals surface area contributed by atoms with Gasteiger partial charge in [-0.25, -0.2) is 0 Å². The van der Waals surface area contributed by atoms with Crippen LogP contribution in [0.25, 0.3) is 0 Å². The van der Waals surface area contributed by atoms with Crippen LogP contribution < -0.4 is 5.32 Å². The molecule has 0 aliphatic heterocycles. The second-order valence-electron chi connectivity index (χ2n) is 5.27. The molecule has 2 N–H and O–H groups in total. The molecule has 5 nitrogen and oxygen atoms in total. The summed E-state index contributed by atoms with van der Waals surface area (Å²) in [4.78, 5) is 27.2. The van der Waals surface area contributed by atoms with Gasteiger partial charge in [0.25, 0.3) is 0 Å². The number of hydrogen-bond donors (Lipinski definition) is 2. The third-order valence-electron chi connectivity index (χ3n) is 3.90. The molecule has 1 aromatic rings. The van der Waals surface area contributed by atoms with Crippen LogP contribution in [0.3, 0.4) is 0 Å². The Kier molecular flexibility index (Phi) is 3.83. The molecule has 102 valence electrons. The lowest BCUT2D eigenvalue weighted by atomic mass is 9.85. The highest BCUT2D eigenvalue weighted by Crippen LogP contribution is 2.38. The minimum Gasteiger partial charge on any atom is -0.481 e. The lowest BCUT2D eigenvalue weighted by Gasteiger charge is -2.27. The van der Waals surface area contributed by atoms with E-state index >= 15 is 0 Å². The Labute approximate surface area is 112 Å². The second kappa shape index (κ2) is 5.38. The van der Waals surface area contributed by atoms with E-state index in [0.29, 0.717) is 6.42 Å². The number of nitrogens with one attached hydrogen (secondary N) is 1. The van der Waals surface area contributed by atoms with Crippen LogP contribution in [0.15, 0.2) is 24.5 Å². The summed E-state index contributed by atoms with van der Waals surface area (Å²) in [6.07, 6.45) is 5.71. The lowest BCUT2D eigenvalue weighted by molar-refractivity contribution is -0.149. The van der Waals surface area contributed by atoms with Crippen molar-refractivity contribution < 1.29 is 14.7 Å². The summed E-state index contributed by atoms with van der Waals surface area (Å²) in [6.45, 7) is 1.71. The van der Waals surface area contributed by atoms with E-state index in [9.17, 15) is 14.7 Å². The number of nitrogens with zero attached hydrogens (tertiary/aromatic N) is 1. The Bertz CT molecular complexity index is 475. The van der Waals surface area contributed by atoms with Crippen LogP contribution in [-0.2, 0) is 16.0 Å². The molecule has 0 radical (unpaired) electrons. The molecular weight excluding hydrogens is 244 g/mol. The van der Waals surface area contributed by atoms with E-state index in [-0.39, 0.29) is 18.4 Å². The van der Waals surface area contributed by atoms with Crippen LogP contribution in [0.4, 0.5) is 0 Å². The summed E-state index contributed by atoms with van der Waals surface area (Å²) in [6, 6.07) is 3.29. The van der Waals surface area contributed by atoms with Crippen molar-refractivity contribution in [2.24, 2.45) is 5.41 Å². The van der Waals surface area contributed by atoms with Crippen LogP contribution in [0.5, 0.6) is 0 Å². The van der Waals surface area contributed by atoms with E-state index < -0.39 is 11.4 Å². The predicted octanol–water partition coefficient (Wildman–Crippen LogP) is 1.38. The van der Waals surface area contributed by atoms with Crippen LogP contribution >= 0.6 is 0 Å². The zero-order valence-corrected chi connectivity index (χ0v) is 10.9. The van der Waals surface area contributed by atoms with Gasteiger partial charge in [0.15, 0.2) is 0 Å². The molecule has 1 aromatic heterocycles. The van der Waals surface area contributed by atoms with E-state index in [2.05, 4.69) is 10.3 Å². The molecule has 0 aromatic carbocycles. The summed E-state index contributed by atoms with van der Waals surface area (Å²) in [5.41, 5.74) is 0.0380. The molecule has 19 heavy (non-hydrogen) atoms. The largest absolute Gasteiger partial charge is 0.481 e. The summed E-state index contributed by atoms with van der Waals surface area (Å²) in [7, 11) is 0. The molecule has 1 aliphatic carbocycles. The van der Waals surface area contributed by atoms with Crippen LogP contribution in [0.2, 0.25) is 0 Å². The van der Waals surface area contributed by atoms with Crippen LogP contribution in [0, 0.1) is 5.41 Å². The standard InChI is InChI=1S/C14H18N2O3/c1-14(13(18)19)6-2-3-11(14)16-12(17)9-10-4-7-15-8-5-10/h4-5,7-8,11H,2-3,6,9H2,1H3,(H,16,17)(H,18,19). The van der Waals surface area contributed by atoms with Gasteiger partial charge in [-0.3, -0.25) is 14.6 Å². The minimum atomic E-state index is -0.839. The molecule has 1 saturated carbocycles. The Morgan fingerprint density at radius 1 is 1.47 bits per heavy atom. The fourth-order valence-corrected chi connectivity index (χ4v) is 2.59. The molecule has 2 rings (SSSR count). The second-order valence-corrected chi connectivity index (χ2v) is 5.27. The third-order valence-corrected chi connectivity index (χ3v) is 3.90. The molecule has 5 heteroatoms. The number of carboxylic acids is 1. The van der Waals surface area contributed by atoms with Crippen molar-refractivity contribution in [3.8, 4) is 0 Å². The number of aromatic nitrogens is 1. The molecule has 0 bridgehead atoms. The van der Waals surface area contributed by atoms with E-state index in [1.165, 1.54) is 0 Å². The van der Waals surface area contributed by atoms with Gasteiger partial charge in [0.2, 0.25) is 5.91 Å². The van der Waals surface area contributed by atoms with Crippen molar-refractivity contribution >= 4 is 11.9 Å². The Hall–Kier alpha value is -1.91. The molecular formula is C14H18N2O3. The Morgan fingerprint density at radius 3 is 2.79 bits per heavy atom. The lowest BCUT2D eigenvalue weighted by Crippen LogP contribution is -2.47. The summed E-state index contributed by atoms with van der Waals surface area (Å²) >= 11 is 0. The first-order chi connectivity index (χ1) is 9.02. The average Bonchev–Trinajstić information content (AvgIpc) is 2.73. The van der Waals surface area contributed by atoms with E-state index in [0.717, 1.165) is 18.4 Å². The fraction of sp³-hybridized carbons (Fsp3) is 0.500. The number of pyridine rings is 1. The number of aliphatic carboxylic acids is 1. The number of carbonyl (C=O) groups is 2. The van der Waals surface area contributed by atoms with Crippen molar-refractivity contribution in [3.63, 3.8) is 0 Å². The van der Waals surface area contributed by atoms with Crippen molar-refractivity contribution in [2.45, 2.75) is 38.6 Å².